The van der Waals surface area contributed by atoms with Crippen LogP contribution in [0.1, 0.15) is 34.1 Å². The van der Waals surface area contributed by atoms with E-state index in [0.29, 0.717) is 22.4 Å². The number of aromatic carboxylic acids is 1. The second kappa shape index (κ2) is 13.4. The predicted molar refractivity (Wildman–Crippen MR) is 144 cm³/mol. The van der Waals surface area contributed by atoms with Crippen LogP contribution in [0, 0.1) is 5.82 Å². The maximum absolute atomic E-state index is 13.9. The highest BCUT2D eigenvalue weighted by atomic mass is 35.5. The summed E-state index contributed by atoms with van der Waals surface area (Å²) in [5.41, 5.74) is 0.931. The Morgan fingerprint density at radius 1 is 1.00 bits per heavy atom. The molecule has 1 aromatic heterocycles. The number of nitrogens with one attached hydrogen (secondary N) is 1. The molecule has 0 saturated carbocycles. The van der Waals surface area contributed by atoms with Gasteiger partial charge in [-0.3, -0.25) is 9.69 Å². The van der Waals surface area contributed by atoms with Gasteiger partial charge in [0.25, 0.3) is 5.91 Å². The van der Waals surface area contributed by atoms with Crippen LogP contribution in [0.3, 0.4) is 0 Å². The van der Waals surface area contributed by atoms with Crippen molar-refractivity contribution in [3.8, 4) is 0 Å². The van der Waals surface area contributed by atoms with Gasteiger partial charge in [0.05, 0.1) is 16.6 Å². The van der Waals surface area contributed by atoms with Crippen molar-refractivity contribution in [3.63, 3.8) is 0 Å². The summed E-state index contributed by atoms with van der Waals surface area (Å²) in [4.78, 5) is 33.6. The first-order chi connectivity index (χ1) is 15.5. The number of benzene rings is 2. The number of piperazine rings is 1. The molecule has 0 bridgehead atoms. The number of hydrogen-bond donors (Lipinski definition) is 2. The number of pyridine rings is 1. The molecule has 4 rings (SSSR count). The van der Waals surface area contributed by atoms with Gasteiger partial charge >= 0.3 is 5.97 Å². The van der Waals surface area contributed by atoms with E-state index in [1.807, 2.05) is 0 Å². The summed E-state index contributed by atoms with van der Waals surface area (Å²) in [6.07, 6.45) is 1.10. The minimum atomic E-state index is -1.07. The van der Waals surface area contributed by atoms with E-state index >= 15 is 0 Å². The molecule has 0 unspecified atom stereocenters. The first kappa shape index (κ1) is 30.4. The van der Waals surface area contributed by atoms with E-state index in [-0.39, 0.29) is 48.3 Å². The summed E-state index contributed by atoms with van der Waals surface area (Å²) in [6.45, 7) is 6.61. The zero-order chi connectivity index (χ0) is 22.7. The number of halogens is 4. The molecule has 0 spiro atoms. The highest BCUT2D eigenvalue weighted by Crippen LogP contribution is 2.27. The van der Waals surface area contributed by atoms with Gasteiger partial charge in [-0.25, -0.2) is 14.2 Å². The van der Waals surface area contributed by atoms with Crippen LogP contribution >= 0.6 is 37.2 Å². The monoisotopic (exact) mass is 544 g/mol. The number of carbonyl (C=O) groups excluding carboxylic acids is 1. The Morgan fingerprint density at radius 3 is 2.31 bits per heavy atom. The SMILES string of the molecule is CCCN1CCN(c2cc(C(=O)O)c3cc(NC(=O)c4ccccc4F)ccc3n2)CC1.Cl.Cl.Cl. The first-order valence-electron chi connectivity index (χ1n) is 10.7. The van der Waals surface area contributed by atoms with Crippen molar-refractivity contribution in [3.05, 3.63) is 65.5 Å². The molecular weight excluding hydrogens is 518 g/mol. The normalized spacial score (nSPS) is 13.3. The van der Waals surface area contributed by atoms with Crippen molar-refractivity contribution < 1.29 is 19.1 Å². The standard InChI is InChI=1S/C24H25FN4O3.3ClH/c1-2-9-28-10-12-29(13-11-28)22-15-19(24(31)32)18-14-16(7-8-21(18)27-22)26-23(30)17-5-3-4-6-20(17)25;;;/h3-8,14-15H,2,9-13H2,1H3,(H,26,30)(H,31,32);3*1H. The molecule has 2 N–H and O–H groups in total. The van der Waals surface area contributed by atoms with E-state index in [1.54, 1.807) is 30.3 Å². The van der Waals surface area contributed by atoms with Gasteiger partial charge < -0.3 is 15.3 Å². The third-order valence-corrected chi connectivity index (χ3v) is 5.64. The van der Waals surface area contributed by atoms with E-state index in [4.69, 9.17) is 0 Å². The van der Waals surface area contributed by atoms with Crippen LogP contribution in [0.25, 0.3) is 10.9 Å². The Balaban J connectivity index is 0.00000204. The lowest BCUT2D eigenvalue weighted by Crippen LogP contribution is -2.46. The van der Waals surface area contributed by atoms with Crippen molar-refractivity contribution in [2.45, 2.75) is 13.3 Å². The van der Waals surface area contributed by atoms with E-state index in [2.05, 4.69) is 27.0 Å². The topological polar surface area (TPSA) is 85.8 Å². The Labute approximate surface area is 221 Å². The van der Waals surface area contributed by atoms with Gasteiger partial charge in [-0.2, -0.15) is 0 Å². The summed E-state index contributed by atoms with van der Waals surface area (Å²) in [5.74, 6) is -1.66. The smallest absolute Gasteiger partial charge is 0.336 e. The molecule has 0 radical (unpaired) electrons. The molecule has 1 amide bonds. The van der Waals surface area contributed by atoms with Crippen LogP contribution < -0.4 is 10.2 Å². The lowest BCUT2D eigenvalue weighted by molar-refractivity contribution is 0.0698. The zero-order valence-corrected chi connectivity index (χ0v) is 21.5. The number of carbonyl (C=O) groups is 2. The molecule has 2 aromatic carbocycles. The average molecular weight is 546 g/mol. The second-order valence-electron chi connectivity index (χ2n) is 7.83. The molecule has 1 aliphatic rings. The van der Waals surface area contributed by atoms with Crippen molar-refractivity contribution >= 4 is 71.5 Å². The number of fused-ring (bicyclic) bond motifs is 1. The average Bonchev–Trinajstić information content (AvgIpc) is 2.79. The molecule has 1 aliphatic heterocycles. The number of amides is 1. The Hall–Kier alpha value is -2.65. The maximum Gasteiger partial charge on any atom is 0.336 e. The van der Waals surface area contributed by atoms with Gasteiger partial charge in [0.2, 0.25) is 0 Å². The van der Waals surface area contributed by atoms with E-state index < -0.39 is 17.7 Å². The third kappa shape index (κ3) is 6.95. The molecule has 0 atom stereocenters. The molecule has 3 aromatic rings. The van der Waals surface area contributed by atoms with Crippen molar-refractivity contribution in [1.82, 2.24) is 9.88 Å². The Bertz CT molecular complexity index is 1170. The fourth-order valence-corrected chi connectivity index (χ4v) is 3.99. The number of carboxylic acid groups (broad SMARTS) is 1. The van der Waals surface area contributed by atoms with Gasteiger partial charge in [0, 0.05) is 37.3 Å². The van der Waals surface area contributed by atoms with Crippen molar-refractivity contribution in [2.24, 2.45) is 0 Å². The minimum absolute atomic E-state index is 0. The summed E-state index contributed by atoms with van der Waals surface area (Å²) < 4.78 is 13.9. The number of carboxylic acids is 1. The first-order valence-corrected chi connectivity index (χ1v) is 10.7. The molecule has 7 nitrogen and oxygen atoms in total. The molecule has 0 aliphatic carbocycles. The Morgan fingerprint density at radius 2 is 1.69 bits per heavy atom. The second-order valence-corrected chi connectivity index (χ2v) is 7.83. The molecule has 11 heteroatoms. The molecule has 2 heterocycles. The molecule has 35 heavy (non-hydrogen) atoms. The highest BCUT2D eigenvalue weighted by molar-refractivity contribution is 6.08. The minimum Gasteiger partial charge on any atom is -0.478 e. The van der Waals surface area contributed by atoms with Crippen LogP contribution in [0.5, 0.6) is 0 Å². The molecular formula is C24H28Cl3FN4O3. The number of hydrogen-bond acceptors (Lipinski definition) is 5. The maximum atomic E-state index is 13.9. The number of nitrogens with zero attached hydrogens (tertiary/aromatic N) is 3. The van der Waals surface area contributed by atoms with E-state index in [9.17, 15) is 19.1 Å². The van der Waals surface area contributed by atoms with Crippen LogP contribution in [0.15, 0.2) is 48.5 Å². The summed E-state index contributed by atoms with van der Waals surface area (Å²) in [6, 6.07) is 12.2. The van der Waals surface area contributed by atoms with Gasteiger partial charge in [-0.1, -0.05) is 19.1 Å². The zero-order valence-electron chi connectivity index (χ0n) is 19.1. The lowest BCUT2D eigenvalue weighted by atomic mass is 10.1. The third-order valence-electron chi connectivity index (χ3n) is 5.64. The molecule has 1 saturated heterocycles. The fraction of sp³-hybridized carbons (Fsp3) is 0.292. The lowest BCUT2D eigenvalue weighted by Gasteiger charge is -2.35. The van der Waals surface area contributed by atoms with Crippen LogP contribution in [0.4, 0.5) is 15.9 Å². The van der Waals surface area contributed by atoms with Gasteiger partial charge in [0.1, 0.15) is 11.6 Å². The van der Waals surface area contributed by atoms with Crippen LogP contribution in [-0.2, 0) is 0 Å². The fourth-order valence-electron chi connectivity index (χ4n) is 3.99. The predicted octanol–water partition coefficient (Wildman–Crippen LogP) is 5.12. The number of aromatic nitrogens is 1. The van der Waals surface area contributed by atoms with E-state index in [1.165, 1.54) is 18.2 Å². The van der Waals surface area contributed by atoms with Crippen molar-refractivity contribution in [2.75, 3.05) is 42.9 Å². The summed E-state index contributed by atoms with van der Waals surface area (Å²) in [5, 5.41) is 12.9. The highest BCUT2D eigenvalue weighted by Gasteiger charge is 2.21. The number of anilines is 2. The molecule has 190 valence electrons. The van der Waals surface area contributed by atoms with Gasteiger partial charge in [0.15, 0.2) is 0 Å². The Kier molecular flexibility index (Phi) is 11.7. The largest absolute Gasteiger partial charge is 0.478 e. The summed E-state index contributed by atoms with van der Waals surface area (Å²) in [7, 11) is 0. The van der Waals surface area contributed by atoms with Gasteiger partial charge in [-0.15, -0.1) is 37.2 Å². The number of rotatable bonds is 6. The molecule has 1 fully saturated rings. The van der Waals surface area contributed by atoms with Crippen molar-refractivity contribution in [1.29, 1.82) is 0 Å². The summed E-state index contributed by atoms with van der Waals surface area (Å²) >= 11 is 0. The van der Waals surface area contributed by atoms with Crippen LogP contribution in [0.2, 0.25) is 0 Å². The van der Waals surface area contributed by atoms with Gasteiger partial charge in [-0.05, 0) is 49.4 Å². The van der Waals surface area contributed by atoms with Crippen LogP contribution in [-0.4, -0.2) is 59.6 Å². The quantitative estimate of drug-likeness (QED) is 0.447. The van der Waals surface area contributed by atoms with E-state index in [0.717, 1.165) is 39.1 Å².